The third-order valence-electron chi connectivity index (χ3n) is 4.90. The van der Waals surface area contributed by atoms with Gasteiger partial charge in [0, 0.05) is 36.4 Å². The number of aryl methyl sites for hydroxylation is 1. The molecule has 0 saturated heterocycles. The molecule has 162 valence electrons. The molecule has 0 atom stereocenters. The van der Waals surface area contributed by atoms with Crippen LogP contribution < -0.4 is 13.9 Å². The van der Waals surface area contributed by atoms with Gasteiger partial charge in [0.1, 0.15) is 17.3 Å². The molecule has 6 nitrogen and oxygen atoms in total. The van der Waals surface area contributed by atoms with E-state index in [1.54, 1.807) is 31.5 Å². The molecule has 2 N–H and O–H groups in total. The molecule has 0 unspecified atom stereocenters. The molecule has 0 aliphatic heterocycles. The smallest absolute Gasteiger partial charge is 0.390 e. The summed E-state index contributed by atoms with van der Waals surface area (Å²) in [4.78, 5) is 18.1. The number of aromatic nitrogens is 2. The van der Waals surface area contributed by atoms with Crippen molar-refractivity contribution in [3.05, 3.63) is 103 Å². The molecule has 2 aromatic heterocycles. The Morgan fingerprint density at radius 1 is 0.844 bits per heavy atom. The average Bonchev–Trinajstić information content (AvgIpc) is 2.77. The fraction of sp³-hybridized carbons (Fsp3) is 0.0833. The van der Waals surface area contributed by atoms with Gasteiger partial charge >= 0.3 is 7.60 Å². The van der Waals surface area contributed by atoms with E-state index in [4.69, 9.17) is 14.5 Å². The first-order valence-corrected chi connectivity index (χ1v) is 11.7. The van der Waals surface area contributed by atoms with Crippen LogP contribution in [0.25, 0.3) is 16.8 Å². The predicted octanol–water partition coefficient (Wildman–Crippen LogP) is 4.29. The highest BCUT2D eigenvalue weighted by atomic mass is 31.2. The lowest BCUT2D eigenvalue weighted by Crippen LogP contribution is -2.32. The summed E-state index contributed by atoms with van der Waals surface area (Å²) in [5.74, 6) is 0.979. The van der Waals surface area contributed by atoms with Gasteiger partial charge in [-0.05, 0) is 53.9 Å². The molecular formula is C24H22FN2O4P+2. The first-order valence-electron chi connectivity index (χ1n) is 9.87. The van der Waals surface area contributed by atoms with E-state index >= 15 is 0 Å². The fourth-order valence-electron chi connectivity index (χ4n) is 3.25. The fourth-order valence-corrected chi connectivity index (χ4v) is 3.86. The highest BCUT2D eigenvalue weighted by Gasteiger charge is 2.19. The van der Waals surface area contributed by atoms with Crippen LogP contribution in [0.2, 0.25) is 0 Å². The van der Waals surface area contributed by atoms with Crippen LogP contribution in [0.5, 0.6) is 11.5 Å². The molecule has 0 bridgehead atoms. The lowest BCUT2D eigenvalue weighted by molar-refractivity contribution is -0.679. The van der Waals surface area contributed by atoms with Gasteiger partial charge in [-0.15, -0.1) is 0 Å². The summed E-state index contributed by atoms with van der Waals surface area (Å²) in [6, 6.07) is 19.8. The van der Waals surface area contributed by atoms with Gasteiger partial charge in [-0.2, -0.15) is 9.13 Å². The van der Waals surface area contributed by atoms with E-state index in [1.165, 1.54) is 10.6 Å². The molecule has 2 aromatic carbocycles. The summed E-state index contributed by atoms with van der Waals surface area (Å²) in [5, 5.41) is 0. The second-order valence-corrected chi connectivity index (χ2v) is 9.02. The zero-order valence-corrected chi connectivity index (χ0v) is 18.2. The summed E-state index contributed by atoms with van der Waals surface area (Å²) >= 11 is 0. The van der Waals surface area contributed by atoms with Crippen LogP contribution in [-0.2, 0) is 10.9 Å². The molecule has 8 heteroatoms. The topological polar surface area (TPSA) is 74.5 Å². The van der Waals surface area contributed by atoms with Gasteiger partial charge < -0.3 is 14.5 Å². The number of halogens is 1. The van der Waals surface area contributed by atoms with Crippen LogP contribution in [0.1, 0.15) is 5.56 Å². The Morgan fingerprint density at radius 3 is 1.97 bits per heavy atom. The van der Waals surface area contributed by atoms with Crippen molar-refractivity contribution < 1.29 is 32.6 Å². The van der Waals surface area contributed by atoms with E-state index in [0.29, 0.717) is 17.1 Å². The van der Waals surface area contributed by atoms with Crippen molar-refractivity contribution >= 4 is 7.60 Å². The summed E-state index contributed by atoms with van der Waals surface area (Å²) in [7, 11) is -4.11. The minimum Gasteiger partial charge on any atom is -0.457 e. The van der Waals surface area contributed by atoms with Crippen LogP contribution in [0.15, 0.2) is 91.5 Å². The number of ether oxygens (including phenoxy) is 1. The Morgan fingerprint density at radius 2 is 1.41 bits per heavy atom. The highest BCUT2D eigenvalue weighted by Crippen LogP contribution is 2.33. The molecule has 0 aliphatic carbocycles. The molecular weight excluding hydrogens is 430 g/mol. The second kappa shape index (κ2) is 9.01. The number of rotatable bonds is 6. The van der Waals surface area contributed by atoms with Crippen molar-refractivity contribution in [2.24, 2.45) is 0 Å². The largest absolute Gasteiger partial charge is 0.457 e. The number of pyridine rings is 2. The van der Waals surface area contributed by atoms with E-state index in [9.17, 15) is 8.96 Å². The maximum absolute atomic E-state index is 13.4. The Kier molecular flexibility index (Phi) is 6.15. The van der Waals surface area contributed by atoms with Gasteiger partial charge in [-0.3, -0.25) is 4.57 Å². The molecule has 4 rings (SSSR count). The van der Waals surface area contributed by atoms with Gasteiger partial charge in [0.2, 0.25) is 12.0 Å². The van der Waals surface area contributed by atoms with E-state index < -0.39 is 7.60 Å². The van der Waals surface area contributed by atoms with Crippen LogP contribution in [0, 0.1) is 12.7 Å². The van der Waals surface area contributed by atoms with E-state index in [2.05, 4.69) is 0 Å². The van der Waals surface area contributed by atoms with Gasteiger partial charge in [0.25, 0.3) is 0 Å². The summed E-state index contributed by atoms with van der Waals surface area (Å²) in [5.41, 5.74) is 3.41. The molecule has 0 spiro atoms. The normalized spacial score (nSPS) is 11.4. The lowest BCUT2D eigenvalue weighted by Gasteiger charge is -2.07. The molecule has 32 heavy (non-hydrogen) atoms. The summed E-state index contributed by atoms with van der Waals surface area (Å²) in [6.07, 6.45) is 6.83. The van der Waals surface area contributed by atoms with Gasteiger partial charge in [-0.1, -0.05) is 0 Å². The molecule has 0 amide bonds. The maximum atomic E-state index is 13.4. The highest BCUT2D eigenvalue weighted by molar-refractivity contribution is 7.50. The predicted molar refractivity (Wildman–Crippen MR) is 117 cm³/mol. The van der Waals surface area contributed by atoms with Crippen molar-refractivity contribution in [1.29, 1.82) is 0 Å². The average molecular weight is 452 g/mol. The number of hydrogen-bond donors (Lipinski definition) is 2. The Labute approximate surface area is 185 Å². The minimum absolute atomic E-state index is 0.261. The van der Waals surface area contributed by atoms with E-state index in [0.717, 1.165) is 16.8 Å². The van der Waals surface area contributed by atoms with Crippen LogP contribution in [-0.4, -0.2) is 9.79 Å². The quantitative estimate of drug-likeness (QED) is 0.338. The van der Waals surface area contributed by atoms with Gasteiger partial charge in [-0.25, -0.2) is 4.39 Å². The summed E-state index contributed by atoms with van der Waals surface area (Å²) < 4.78 is 33.7. The van der Waals surface area contributed by atoms with Crippen LogP contribution in [0.3, 0.4) is 0 Å². The van der Waals surface area contributed by atoms with E-state index in [-0.39, 0.29) is 12.1 Å². The lowest BCUT2D eigenvalue weighted by atomic mass is 10.1. The standard InChI is InChI=1S/C24H20FN2O4P/c1-18-16-23(6-7-24(18)25)31-22-4-2-21(3-5-22)27-14-10-20(11-15-27)19-8-12-26(13-9-19)17-32(28,29)30/h2-16H,17H2,1H3/p+2. The molecule has 0 fully saturated rings. The zero-order chi connectivity index (χ0) is 22.7. The Bertz CT molecular complexity index is 1270. The van der Waals surface area contributed by atoms with Gasteiger partial charge in [0.15, 0.2) is 24.8 Å². The number of hydrogen-bond acceptors (Lipinski definition) is 2. The SMILES string of the molecule is Cc1cc(Oc2ccc(-[n+]3ccc(-c4cc[n+](CP(=O)(O)O)cc4)cc3)cc2)ccc1F. The van der Waals surface area contributed by atoms with Gasteiger partial charge in [0.05, 0.1) is 0 Å². The zero-order valence-electron chi connectivity index (χ0n) is 17.3. The first kappa shape index (κ1) is 21.8. The second-order valence-electron chi connectivity index (χ2n) is 7.41. The Hall–Kier alpha value is -3.38. The van der Waals surface area contributed by atoms with E-state index in [1.807, 2.05) is 65.5 Å². The third-order valence-corrected chi connectivity index (χ3v) is 5.60. The molecule has 0 saturated carbocycles. The minimum atomic E-state index is -4.11. The molecule has 0 aliphatic rings. The van der Waals surface area contributed by atoms with Crippen molar-refractivity contribution in [3.63, 3.8) is 0 Å². The number of benzene rings is 2. The van der Waals surface area contributed by atoms with Crippen LogP contribution in [0.4, 0.5) is 4.39 Å². The maximum Gasteiger partial charge on any atom is 0.390 e. The molecule has 2 heterocycles. The number of nitrogens with zero attached hydrogens (tertiary/aromatic N) is 2. The van der Waals surface area contributed by atoms with Crippen LogP contribution >= 0.6 is 7.60 Å². The molecule has 0 radical (unpaired) electrons. The molecule has 4 aromatic rings. The monoisotopic (exact) mass is 452 g/mol. The van der Waals surface area contributed by atoms with Crippen molar-refractivity contribution in [3.8, 4) is 28.3 Å². The summed E-state index contributed by atoms with van der Waals surface area (Å²) in [6.45, 7) is 1.70. The van der Waals surface area contributed by atoms with Crippen molar-refractivity contribution in [1.82, 2.24) is 0 Å². The van der Waals surface area contributed by atoms with Crippen molar-refractivity contribution in [2.45, 2.75) is 13.2 Å². The Balaban J connectivity index is 1.45. The third kappa shape index (κ3) is 5.45. The van der Waals surface area contributed by atoms with Crippen molar-refractivity contribution in [2.75, 3.05) is 0 Å². The first-order chi connectivity index (χ1) is 15.3.